The highest BCUT2D eigenvalue weighted by molar-refractivity contribution is 5.76. The van der Waals surface area contributed by atoms with Crippen LogP contribution in [0.5, 0.6) is 0 Å². The average molecular weight is 198 g/mol. The molecule has 1 saturated heterocycles. The van der Waals surface area contributed by atoms with Gasteiger partial charge in [-0.2, -0.15) is 0 Å². The molecule has 2 amide bonds. The largest absolute Gasteiger partial charge is 0.336 e. The number of hydrogen-bond acceptors (Lipinski definition) is 1. The number of nitrogens with one attached hydrogen (secondary N) is 2. The van der Waals surface area contributed by atoms with E-state index in [0.717, 1.165) is 0 Å². The molecule has 0 bridgehead atoms. The molecule has 1 atom stereocenters. The highest BCUT2D eigenvalue weighted by atomic mass is 19.1. The van der Waals surface area contributed by atoms with Crippen molar-refractivity contribution in [3.8, 4) is 0 Å². The summed E-state index contributed by atoms with van der Waals surface area (Å²) < 4.78 is 26.4. The Balaban J connectivity index is 2.36. The number of halogens is 2. The van der Waals surface area contributed by atoms with Gasteiger partial charge in [0.05, 0.1) is 6.04 Å². The van der Waals surface area contributed by atoms with Gasteiger partial charge >= 0.3 is 6.03 Å². The monoisotopic (exact) mass is 198 g/mol. The summed E-state index contributed by atoms with van der Waals surface area (Å²) in [5.41, 5.74) is -0.0918. The molecule has 1 fully saturated rings. The van der Waals surface area contributed by atoms with Crippen LogP contribution in [0.25, 0.3) is 0 Å². The first-order valence-corrected chi connectivity index (χ1v) is 4.17. The van der Waals surface area contributed by atoms with E-state index in [-0.39, 0.29) is 12.1 Å². The number of hydrogen-bond donors (Lipinski definition) is 2. The molecule has 1 heterocycles. The second-order valence-corrected chi connectivity index (χ2v) is 3.04. The predicted octanol–water partition coefficient (Wildman–Crippen LogP) is 1.32. The average Bonchev–Trinajstić information content (AvgIpc) is 2.51. The van der Waals surface area contributed by atoms with Crippen molar-refractivity contribution in [3.05, 3.63) is 35.4 Å². The standard InChI is InChI=1S/C9H8F2N2O/c10-5-2-1-3-6(11)8(5)7-4-12-9(14)13-7/h1-3,7H,4H2,(H2,12,13,14)/t7-/m1/s1. The molecule has 1 aromatic rings. The van der Waals surface area contributed by atoms with Crippen molar-refractivity contribution in [2.75, 3.05) is 6.54 Å². The fourth-order valence-corrected chi connectivity index (χ4v) is 1.47. The fourth-order valence-electron chi connectivity index (χ4n) is 1.47. The lowest BCUT2D eigenvalue weighted by atomic mass is 10.1. The SMILES string of the molecule is O=C1NC[C@H](c2c(F)cccc2F)N1. The summed E-state index contributed by atoms with van der Waals surface area (Å²) in [6.07, 6.45) is 0. The first-order chi connectivity index (χ1) is 6.68. The number of benzene rings is 1. The van der Waals surface area contributed by atoms with Crippen molar-refractivity contribution in [2.45, 2.75) is 6.04 Å². The van der Waals surface area contributed by atoms with Crippen LogP contribution in [0.4, 0.5) is 13.6 Å². The number of rotatable bonds is 1. The molecule has 2 rings (SSSR count). The Morgan fingerprint density at radius 1 is 1.29 bits per heavy atom. The van der Waals surface area contributed by atoms with Gasteiger partial charge in [-0.15, -0.1) is 0 Å². The van der Waals surface area contributed by atoms with Crippen LogP contribution in [-0.4, -0.2) is 12.6 Å². The lowest BCUT2D eigenvalue weighted by Gasteiger charge is -2.10. The second-order valence-electron chi connectivity index (χ2n) is 3.04. The molecule has 0 aliphatic carbocycles. The van der Waals surface area contributed by atoms with Crippen LogP contribution < -0.4 is 10.6 Å². The molecular weight excluding hydrogens is 190 g/mol. The zero-order valence-electron chi connectivity index (χ0n) is 7.18. The summed E-state index contributed by atoms with van der Waals surface area (Å²) in [6.45, 7) is 0.205. The first-order valence-electron chi connectivity index (χ1n) is 4.17. The molecule has 0 spiro atoms. The summed E-state index contributed by atoms with van der Waals surface area (Å²) in [5.74, 6) is -1.28. The zero-order valence-corrected chi connectivity index (χ0v) is 7.18. The van der Waals surface area contributed by atoms with Crippen molar-refractivity contribution < 1.29 is 13.6 Å². The molecule has 0 unspecified atom stereocenters. The molecule has 74 valence electrons. The number of amides is 2. The van der Waals surface area contributed by atoms with E-state index in [0.29, 0.717) is 0 Å². The number of carbonyl (C=O) groups is 1. The quantitative estimate of drug-likeness (QED) is 0.702. The van der Waals surface area contributed by atoms with Crippen LogP contribution in [0, 0.1) is 11.6 Å². The molecule has 14 heavy (non-hydrogen) atoms. The van der Waals surface area contributed by atoms with E-state index in [9.17, 15) is 13.6 Å². The van der Waals surface area contributed by atoms with Crippen molar-refractivity contribution in [1.29, 1.82) is 0 Å². The Labute approximate surface area is 79.1 Å². The van der Waals surface area contributed by atoms with Crippen molar-refractivity contribution in [1.82, 2.24) is 10.6 Å². The lowest BCUT2D eigenvalue weighted by Crippen LogP contribution is -2.22. The Morgan fingerprint density at radius 2 is 1.93 bits per heavy atom. The fraction of sp³-hybridized carbons (Fsp3) is 0.222. The van der Waals surface area contributed by atoms with Crippen LogP contribution in [-0.2, 0) is 0 Å². The van der Waals surface area contributed by atoms with Crippen LogP contribution in [0.3, 0.4) is 0 Å². The van der Waals surface area contributed by atoms with Gasteiger partial charge in [0.2, 0.25) is 0 Å². The van der Waals surface area contributed by atoms with Crippen LogP contribution >= 0.6 is 0 Å². The van der Waals surface area contributed by atoms with E-state index in [1.54, 1.807) is 0 Å². The Kier molecular flexibility index (Phi) is 2.07. The minimum Gasteiger partial charge on any atom is -0.336 e. The van der Waals surface area contributed by atoms with Gasteiger partial charge in [-0.25, -0.2) is 13.6 Å². The molecule has 2 N–H and O–H groups in total. The van der Waals surface area contributed by atoms with Gasteiger partial charge in [0.1, 0.15) is 11.6 Å². The normalized spacial score (nSPS) is 20.4. The van der Waals surface area contributed by atoms with E-state index in [4.69, 9.17) is 0 Å². The zero-order chi connectivity index (χ0) is 10.1. The number of carbonyl (C=O) groups excluding carboxylic acids is 1. The Hall–Kier alpha value is -1.65. The molecular formula is C9H8F2N2O. The third-order valence-corrected chi connectivity index (χ3v) is 2.12. The third-order valence-electron chi connectivity index (χ3n) is 2.12. The first kappa shape index (κ1) is 8.93. The summed E-state index contributed by atoms with van der Waals surface area (Å²) in [6, 6.07) is 2.60. The van der Waals surface area contributed by atoms with Gasteiger partial charge in [-0.1, -0.05) is 6.07 Å². The molecule has 3 nitrogen and oxygen atoms in total. The predicted molar refractivity (Wildman–Crippen MR) is 45.6 cm³/mol. The minimum absolute atomic E-state index is 0.0918. The van der Waals surface area contributed by atoms with Crippen LogP contribution in [0.15, 0.2) is 18.2 Å². The van der Waals surface area contributed by atoms with Crippen LogP contribution in [0.2, 0.25) is 0 Å². The van der Waals surface area contributed by atoms with E-state index < -0.39 is 23.7 Å². The molecule has 5 heteroatoms. The molecule has 1 aliphatic rings. The number of urea groups is 1. The Bertz CT molecular complexity index is 361. The molecule has 1 aliphatic heterocycles. The summed E-state index contributed by atoms with van der Waals surface area (Å²) >= 11 is 0. The molecule has 1 aromatic carbocycles. The maximum Gasteiger partial charge on any atom is 0.315 e. The van der Waals surface area contributed by atoms with Gasteiger partial charge in [0, 0.05) is 12.1 Å². The molecule has 0 saturated carbocycles. The van der Waals surface area contributed by atoms with E-state index in [1.165, 1.54) is 18.2 Å². The smallest absolute Gasteiger partial charge is 0.315 e. The van der Waals surface area contributed by atoms with Crippen molar-refractivity contribution in [2.24, 2.45) is 0 Å². The van der Waals surface area contributed by atoms with Gasteiger partial charge in [-0.3, -0.25) is 0 Å². The third kappa shape index (κ3) is 1.41. The van der Waals surface area contributed by atoms with Gasteiger partial charge in [-0.05, 0) is 12.1 Å². The highest BCUT2D eigenvalue weighted by Crippen LogP contribution is 2.21. The van der Waals surface area contributed by atoms with E-state index >= 15 is 0 Å². The molecule has 0 aromatic heterocycles. The summed E-state index contributed by atoms with van der Waals surface area (Å²) in [4.78, 5) is 10.8. The topological polar surface area (TPSA) is 41.1 Å². The second kappa shape index (κ2) is 3.25. The van der Waals surface area contributed by atoms with Crippen molar-refractivity contribution in [3.63, 3.8) is 0 Å². The van der Waals surface area contributed by atoms with Crippen molar-refractivity contribution >= 4 is 6.03 Å². The van der Waals surface area contributed by atoms with Gasteiger partial charge < -0.3 is 10.6 Å². The van der Waals surface area contributed by atoms with E-state index in [1.807, 2.05) is 0 Å². The summed E-state index contributed by atoms with van der Waals surface area (Å²) in [7, 11) is 0. The molecule has 0 radical (unpaired) electrons. The van der Waals surface area contributed by atoms with Gasteiger partial charge in [0.25, 0.3) is 0 Å². The maximum absolute atomic E-state index is 13.2. The van der Waals surface area contributed by atoms with Crippen LogP contribution in [0.1, 0.15) is 11.6 Å². The summed E-state index contributed by atoms with van der Waals surface area (Å²) in [5, 5.41) is 4.86. The maximum atomic E-state index is 13.2. The van der Waals surface area contributed by atoms with Gasteiger partial charge in [0.15, 0.2) is 0 Å². The highest BCUT2D eigenvalue weighted by Gasteiger charge is 2.26. The Morgan fingerprint density at radius 3 is 2.43 bits per heavy atom. The minimum atomic E-state index is -0.640. The lowest BCUT2D eigenvalue weighted by molar-refractivity contribution is 0.247. The van der Waals surface area contributed by atoms with E-state index in [2.05, 4.69) is 10.6 Å².